The van der Waals surface area contributed by atoms with E-state index in [9.17, 15) is 4.79 Å². The van der Waals surface area contributed by atoms with E-state index in [0.29, 0.717) is 17.5 Å². The maximum Gasteiger partial charge on any atom is 0.267 e. The minimum absolute atomic E-state index is 0.194. The molecule has 0 spiro atoms. The number of benzene rings is 1. The zero-order chi connectivity index (χ0) is 18.4. The van der Waals surface area contributed by atoms with Gasteiger partial charge in [-0.15, -0.1) is 10.2 Å². The van der Waals surface area contributed by atoms with Crippen LogP contribution < -0.4 is 10.1 Å². The number of rotatable bonds is 8. The molecule has 0 aliphatic heterocycles. The fraction of sp³-hybridized carbons (Fsp3) is 0.500. The fourth-order valence-electron chi connectivity index (χ4n) is 2.07. The summed E-state index contributed by atoms with van der Waals surface area (Å²) in [6, 6.07) is 5.86. The van der Waals surface area contributed by atoms with Crippen LogP contribution in [0.2, 0.25) is 0 Å². The molecule has 0 aliphatic rings. The molecule has 1 atom stereocenters. The van der Waals surface area contributed by atoms with E-state index >= 15 is 0 Å². The highest BCUT2D eigenvalue weighted by molar-refractivity contribution is 8.01. The monoisotopic (exact) mass is 379 g/mol. The molecule has 5 nitrogen and oxygen atoms in total. The average Bonchev–Trinajstić information content (AvgIpc) is 3.01. The number of amides is 1. The second-order valence-corrected chi connectivity index (χ2v) is 8.52. The van der Waals surface area contributed by atoms with Crippen LogP contribution in [0.1, 0.15) is 38.3 Å². The fourth-order valence-corrected chi connectivity index (χ4v) is 3.80. The van der Waals surface area contributed by atoms with Gasteiger partial charge in [-0.2, -0.15) is 0 Å². The van der Waals surface area contributed by atoms with E-state index < -0.39 is 6.10 Å². The molecule has 0 bridgehead atoms. The molecule has 0 fully saturated rings. The van der Waals surface area contributed by atoms with Gasteiger partial charge in [0.25, 0.3) is 5.91 Å². The zero-order valence-electron chi connectivity index (χ0n) is 15.3. The molecular weight excluding hydrogens is 354 g/mol. The van der Waals surface area contributed by atoms with Crippen molar-refractivity contribution in [2.45, 2.75) is 51.5 Å². The van der Waals surface area contributed by atoms with Crippen molar-refractivity contribution in [3.05, 3.63) is 29.3 Å². The van der Waals surface area contributed by atoms with Crippen LogP contribution in [0.25, 0.3) is 0 Å². The Labute approximate surface area is 157 Å². The molecule has 0 saturated heterocycles. The lowest BCUT2D eigenvalue weighted by Gasteiger charge is -2.18. The Morgan fingerprint density at radius 2 is 2.08 bits per heavy atom. The molecule has 7 heteroatoms. The van der Waals surface area contributed by atoms with Crippen LogP contribution >= 0.6 is 23.1 Å². The Balaban J connectivity index is 1.99. The zero-order valence-corrected chi connectivity index (χ0v) is 17.0. The van der Waals surface area contributed by atoms with E-state index in [1.807, 2.05) is 39.0 Å². The quantitative estimate of drug-likeness (QED) is 0.532. The predicted molar refractivity (Wildman–Crippen MR) is 105 cm³/mol. The first-order valence-electron chi connectivity index (χ1n) is 8.40. The number of carbonyl (C=O) groups is 1. The molecule has 0 radical (unpaired) electrons. The van der Waals surface area contributed by atoms with Crippen molar-refractivity contribution in [1.29, 1.82) is 0 Å². The Morgan fingerprint density at radius 3 is 2.76 bits per heavy atom. The SMILES string of the molecule is CC[C@H](Oc1cccc(C)c1C)C(=O)Nc1nnc(SCC(C)C)s1. The Morgan fingerprint density at radius 1 is 1.32 bits per heavy atom. The summed E-state index contributed by atoms with van der Waals surface area (Å²) in [6.45, 7) is 10.3. The van der Waals surface area contributed by atoms with Crippen LogP contribution in [0.5, 0.6) is 5.75 Å². The minimum atomic E-state index is -0.559. The molecule has 1 aromatic heterocycles. The molecule has 0 aliphatic carbocycles. The van der Waals surface area contributed by atoms with Crippen LogP contribution in [0, 0.1) is 19.8 Å². The lowest BCUT2D eigenvalue weighted by atomic mass is 10.1. The number of nitrogens with zero attached hydrogens (tertiary/aromatic N) is 2. The molecule has 1 amide bonds. The van der Waals surface area contributed by atoms with Crippen molar-refractivity contribution in [1.82, 2.24) is 10.2 Å². The first-order chi connectivity index (χ1) is 11.9. The number of ether oxygens (including phenoxy) is 1. The second kappa shape index (κ2) is 9.20. The second-order valence-electron chi connectivity index (χ2n) is 6.28. The molecule has 2 rings (SSSR count). The van der Waals surface area contributed by atoms with E-state index in [2.05, 4.69) is 29.4 Å². The third kappa shape index (κ3) is 5.71. The van der Waals surface area contributed by atoms with Crippen molar-refractivity contribution in [2.24, 2.45) is 5.92 Å². The number of aromatic nitrogens is 2. The number of carbonyl (C=O) groups excluding carboxylic acids is 1. The molecule has 0 unspecified atom stereocenters. The van der Waals surface area contributed by atoms with Crippen molar-refractivity contribution in [3.63, 3.8) is 0 Å². The van der Waals surface area contributed by atoms with E-state index in [0.717, 1.165) is 27.0 Å². The lowest BCUT2D eigenvalue weighted by molar-refractivity contribution is -0.122. The number of hydrogen-bond acceptors (Lipinski definition) is 6. The van der Waals surface area contributed by atoms with Gasteiger partial charge in [0.05, 0.1) is 0 Å². The molecule has 1 heterocycles. The van der Waals surface area contributed by atoms with Gasteiger partial charge in [-0.25, -0.2) is 0 Å². The van der Waals surface area contributed by atoms with Gasteiger partial charge in [0.15, 0.2) is 10.4 Å². The van der Waals surface area contributed by atoms with Gasteiger partial charge in [-0.3, -0.25) is 10.1 Å². The highest BCUT2D eigenvalue weighted by Gasteiger charge is 2.21. The topological polar surface area (TPSA) is 64.1 Å². The first-order valence-corrected chi connectivity index (χ1v) is 10.2. The summed E-state index contributed by atoms with van der Waals surface area (Å²) >= 11 is 3.06. The van der Waals surface area contributed by atoms with Gasteiger partial charge in [-0.1, -0.05) is 56.0 Å². The van der Waals surface area contributed by atoms with Crippen LogP contribution in [-0.4, -0.2) is 28.0 Å². The molecule has 2 aromatic rings. The van der Waals surface area contributed by atoms with Crippen LogP contribution in [-0.2, 0) is 4.79 Å². The summed E-state index contributed by atoms with van der Waals surface area (Å²) in [6.07, 6.45) is 0.0173. The smallest absolute Gasteiger partial charge is 0.267 e. The van der Waals surface area contributed by atoms with E-state index in [1.54, 1.807) is 11.8 Å². The maximum atomic E-state index is 12.5. The maximum absolute atomic E-state index is 12.5. The summed E-state index contributed by atoms with van der Waals surface area (Å²) in [5.41, 5.74) is 2.20. The van der Waals surface area contributed by atoms with Crippen molar-refractivity contribution in [2.75, 3.05) is 11.1 Å². The number of nitrogens with one attached hydrogen (secondary N) is 1. The van der Waals surface area contributed by atoms with Crippen molar-refractivity contribution in [3.8, 4) is 5.75 Å². The largest absolute Gasteiger partial charge is 0.480 e. The molecule has 0 saturated carbocycles. The van der Waals surface area contributed by atoms with E-state index in [1.165, 1.54) is 11.3 Å². The number of anilines is 1. The summed E-state index contributed by atoms with van der Waals surface area (Å²) in [4.78, 5) is 12.5. The van der Waals surface area contributed by atoms with Gasteiger partial charge in [0.2, 0.25) is 5.13 Å². The average molecular weight is 380 g/mol. The normalized spacial score (nSPS) is 12.2. The first kappa shape index (κ1) is 19.7. The van der Waals surface area contributed by atoms with Gasteiger partial charge in [-0.05, 0) is 43.4 Å². The molecule has 25 heavy (non-hydrogen) atoms. The minimum Gasteiger partial charge on any atom is -0.480 e. The van der Waals surface area contributed by atoms with Gasteiger partial charge in [0, 0.05) is 5.75 Å². The summed E-state index contributed by atoms with van der Waals surface area (Å²) < 4.78 is 6.80. The standard InChI is InChI=1S/C18H25N3O2S2/c1-6-14(23-15-9-7-8-12(4)13(15)5)16(22)19-17-20-21-18(25-17)24-10-11(2)3/h7-9,11,14H,6,10H2,1-5H3,(H,19,20,22)/t14-/m0/s1. The molecule has 1 aromatic carbocycles. The van der Waals surface area contributed by atoms with Gasteiger partial charge >= 0.3 is 0 Å². The van der Waals surface area contributed by atoms with E-state index in [-0.39, 0.29) is 5.91 Å². The summed E-state index contributed by atoms with van der Waals surface area (Å²) in [7, 11) is 0. The van der Waals surface area contributed by atoms with E-state index in [4.69, 9.17) is 4.74 Å². The summed E-state index contributed by atoms with van der Waals surface area (Å²) in [5.74, 6) is 2.12. The lowest BCUT2D eigenvalue weighted by Crippen LogP contribution is -2.32. The summed E-state index contributed by atoms with van der Waals surface area (Å²) in [5, 5.41) is 11.5. The number of aryl methyl sites for hydroxylation is 1. The Kier molecular flexibility index (Phi) is 7.25. The third-order valence-electron chi connectivity index (χ3n) is 3.66. The third-order valence-corrected chi connectivity index (χ3v) is 6.06. The van der Waals surface area contributed by atoms with Crippen LogP contribution in [0.4, 0.5) is 5.13 Å². The molecule has 136 valence electrons. The van der Waals surface area contributed by atoms with Gasteiger partial charge < -0.3 is 4.74 Å². The molecule has 1 N–H and O–H groups in total. The highest BCUT2D eigenvalue weighted by atomic mass is 32.2. The van der Waals surface area contributed by atoms with Crippen molar-refractivity contribution < 1.29 is 9.53 Å². The van der Waals surface area contributed by atoms with Crippen molar-refractivity contribution >= 4 is 34.1 Å². The van der Waals surface area contributed by atoms with Gasteiger partial charge in [0.1, 0.15) is 5.75 Å². The Bertz CT molecular complexity index is 716. The highest BCUT2D eigenvalue weighted by Crippen LogP contribution is 2.27. The number of hydrogen-bond donors (Lipinski definition) is 1. The number of thioether (sulfide) groups is 1. The Hall–Kier alpha value is -1.60. The predicted octanol–water partition coefficient (Wildman–Crippen LogP) is 4.70. The van der Waals surface area contributed by atoms with Crippen LogP contribution in [0.15, 0.2) is 22.5 Å². The molecular formula is C18H25N3O2S2. The van der Waals surface area contributed by atoms with Crippen LogP contribution in [0.3, 0.4) is 0 Å².